The number of ether oxygens (including phenoxy) is 1. The van der Waals surface area contributed by atoms with E-state index >= 15 is 0 Å². The van der Waals surface area contributed by atoms with Crippen molar-refractivity contribution in [2.45, 2.75) is 12.1 Å². The predicted octanol–water partition coefficient (Wildman–Crippen LogP) is -0.613. The zero-order valence-corrected chi connectivity index (χ0v) is 7.64. The average molecular weight is 197 g/mol. The maximum atomic E-state index is 11.4. The van der Waals surface area contributed by atoms with Gasteiger partial charge in [0.1, 0.15) is 0 Å². The number of nitrogens with one attached hydrogen (secondary N) is 1. The van der Waals surface area contributed by atoms with Crippen LogP contribution >= 0.6 is 0 Å². The number of carboxylic acid groups (broad SMARTS) is 1. The summed E-state index contributed by atoms with van der Waals surface area (Å²) in [4.78, 5) is 22.3. The number of methoxy groups -OCH3 is 1. The number of carbonyl (C=O) groups excluding carboxylic acids is 1. The number of aliphatic carboxylic acids is 1. The van der Waals surface area contributed by atoms with Gasteiger partial charge in [-0.25, -0.2) is 0 Å². The highest BCUT2D eigenvalue weighted by Crippen LogP contribution is 2.34. The Bertz CT molecular complexity index is 312. The lowest BCUT2D eigenvalue weighted by Gasteiger charge is -2.20. The SMILES string of the molecule is COC(=O)C1C2C=CC(N2)C1C(=O)O. The Balaban J connectivity index is 2.26. The number of hydrogen-bond acceptors (Lipinski definition) is 4. The summed E-state index contributed by atoms with van der Waals surface area (Å²) < 4.78 is 4.59. The first-order valence-corrected chi connectivity index (χ1v) is 4.40. The van der Waals surface area contributed by atoms with Crippen LogP contribution in [0.15, 0.2) is 12.2 Å². The molecule has 0 spiro atoms. The Hall–Kier alpha value is -1.36. The number of esters is 1. The lowest BCUT2D eigenvalue weighted by atomic mass is 9.83. The maximum Gasteiger partial charge on any atom is 0.311 e. The molecule has 0 aromatic rings. The summed E-state index contributed by atoms with van der Waals surface area (Å²) in [6, 6.07) is -0.421. The zero-order valence-electron chi connectivity index (χ0n) is 7.64. The van der Waals surface area contributed by atoms with Gasteiger partial charge in [0.05, 0.1) is 18.9 Å². The molecule has 2 heterocycles. The molecule has 5 heteroatoms. The predicted molar refractivity (Wildman–Crippen MR) is 46.5 cm³/mol. The van der Waals surface area contributed by atoms with Crippen molar-refractivity contribution < 1.29 is 19.4 Å². The molecule has 2 aliphatic rings. The largest absolute Gasteiger partial charge is 0.481 e. The van der Waals surface area contributed by atoms with Gasteiger partial charge < -0.3 is 15.2 Å². The lowest BCUT2D eigenvalue weighted by Crippen LogP contribution is -2.36. The quantitative estimate of drug-likeness (QED) is 0.456. The molecule has 1 saturated heterocycles. The molecule has 2 bridgehead atoms. The van der Waals surface area contributed by atoms with E-state index in [1.807, 2.05) is 6.08 Å². The van der Waals surface area contributed by atoms with Crippen LogP contribution in [0, 0.1) is 11.8 Å². The fourth-order valence-corrected chi connectivity index (χ4v) is 2.20. The molecule has 0 radical (unpaired) electrons. The molecule has 0 aromatic carbocycles. The monoisotopic (exact) mass is 197 g/mol. The number of carbonyl (C=O) groups is 2. The van der Waals surface area contributed by atoms with Crippen molar-refractivity contribution in [2.75, 3.05) is 7.11 Å². The Morgan fingerprint density at radius 3 is 2.36 bits per heavy atom. The summed E-state index contributed by atoms with van der Waals surface area (Å²) in [5.41, 5.74) is 0. The molecule has 2 rings (SSSR count). The zero-order chi connectivity index (χ0) is 10.3. The third-order valence-corrected chi connectivity index (χ3v) is 2.83. The van der Waals surface area contributed by atoms with Crippen molar-refractivity contribution >= 4 is 11.9 Å². The van der Waals surface area contributed by atoms with Gasteiger partial charge in [-0.1, -0.05) is 12.2 Å². The van der Waals surface area contributed by atoms with Crippen LogP contribution in [0.2, 0.25) is 0 Å². The van der Waals surface area contributed by atoms with Crippen molar-refractivity contribution in [3.63, 3.8) is 0 Å². The van der Waals surface area contributed by atoms with E-state index in [4.69, 9.17) is 5.11 Å². The topological polar surface area (TPSA) is 75.6 Å². The second-order valence-electron chi connectivity index (χ2n) is 3.52. The standard InChI is InChI=1S/C9H11NO4/c1-14-9(13)7-5-3-2-4(10-5)6(7)8(11)12/h2-7,10H,1H3,(H,11,12). The first-order chi connectivity index (χ1) is 6.65. The lowest BCUT2D eigenvalue weighted by molar-refractivity contribution is -0.154. The first kappa shape index (κ1) is 9.21. The van der Waals surface area contributed by atoms with E-state index in [-0.39, 0.29) is 12.1 Å². The Morgan fingerprint density at radius 1 is 1.29 bits per heavy atom. The molecule has 0 aromatic heterocycles. The van der Waals surface area contributed by atoms with Crippen LogP contribution in [-0.4, -0.2) is 36.2 Å². The third-order valence-electron chi connectivity index (χ3n) is 2.83. The Labute approximate surface area is 80.7 Å². The van der Waals surface area contributed by atoms with Crippen molar-refractivity contribution in [2.24, 2.45) is 11.8 Å². The van der Waals surface area contributed by atoms with Gasteiger partial charge in [0.25, 0.3) is 0 Å². The molecular weight excluding hydrogens is 186 g/mol. The van der Waals surface area contributed by atoms with Crippen LogP contribution in [0.25, 0.3) is 0 Å². The van der Waals surface area contributed by atoms with E-state index in [0.717, 1.165) is 0 Å². The van der Waals surface area contributed by atoms with E-state index < -0.39 is 23.8 Å². The fourth-order valence-electron chi connectivity index (χ4n) is 2.20. The molecule has 4 unspecified atom stereocenters. The fraction of sp³-hybridized carbons (Fsp3) is 0.556. The minimum Gasteiger partial charge on any atom is -0.481 e. The van der Waals surface area contributed by atoms with Crippen LogP contribution < -0.4 is 5.32 Å². The van der Waals surface area contributed by atoms with Crippen LogP contribution in [-0.2, 0) is 14.3 Å². The van der Waals surface area contributed by atoms with Crippen LogP contribution in [0.5, 0.6) is 0 Å². The van der Waals surface area contributed by atoms with Crippen molar-refractivity contribution in [1.82, 2.24) is 5.32 Å². The van der Waals surface area contributed by atoms with E-state index in [1.54, 1.807) is 6.08 Å². The molecular formula is C9H11NO4. The highest BCUT2D eigenvalue weighted by atomic mass is 16.5. The van der Waals surface area contributed by atoms with E-state index in [1.165, 1.54) is 7.11 Å². The molecule has 0 saturated carbocycles. The Kier molecular flexibility index (Phi) is 2.03. The summed E-state index contributed by atoms with van der Waals surface area (Å²) >= 11 is 0. The van der Waals surface area contributed by atoms with Gasteiger partial charge in [-0.15, -0.1) is 0 Å². The molecule has 14 heavy (non-hydrogen) atoms. The van der Waals surface area contributed by atoms with Crippen LogP contribution in [0.4, 0.5) is 0 Å². The van der Waals surface area contributed by atoms with Gasteiger partial charge in [-0.05, 0) is 0 Å². The number of fused-ring (bicyclic) bond motifs is 2. The molecule has 5 nitrogen and oxygen atoms in total. The van der Waals surface area contributed by atoms with Crippen molar-refractivity contribution in [3.8, 4) is 0 Å². The number of carboxylic acids is 1. The van der Waals surface area contributed by atoms with Gasteiger partial charge in [0.15, 0.2) is 0 Å². The second-order valence-corrected chi connectivity index (χ2v) is 3.52. The number of hydrogen-bond donors (Lipinski definition) is 2. The highest BCUT2D eigenvalue weighted by Gasteiger charge is 2.52. The molecule has 2 N–H and O–H groups in total. The molecule has 76 valence electrons. The highest BCUT2D eigenvalue weighted by molar-refractivity contribution is 5.84. The Morgan fingerprint density at radius 2 is 1.86 bits per heavy atom. The van der Waals surface area contributed by atoms with E-state index in [0.29, 0.717) is 0 Å². The molecule has 1 fully saturated rings. The van der Waals surface area contributed by atoms with Gasteiger partial charge in [0.2, 0.25) is 0 Å². The van der Waals surface area contributed by atoms with Crippen molar-refractivity contribution in [1.29, 1.82) is 0 Å². The molecule has 2 aliphatic heterocycles. The summed E-state index contributed by atoms with van der Waals surface area (Å²) in [6.45, 7) is 0. The minimum atomic E-state index is -0.954. The van der Waals surface area contributed by atoms with E-state index in [9.17, 15) is 9.59 Å². The summed E-state index contributed by atoms with van der Waals surface area (Å²) in [5, 5.41) is 12.0. The second kappa shape index (κ2) is 3.09. The summed E-state index contributed by atoms with van der Waals surface area (Å²) in [5.74, 6) is -2.70. The normalized spacial score (nSPS) is 38.6. The minimum absolute atomic E-state index is 0.187. The van der Waals surface area contributed by atoms with E-state index in [2.05, 4.69) is 10.1 Å². The van der Waals surface area contributed by atoms with Gasteiger partial charge >= 0.3 is 11.9 Å². The van der Waals surface area contributed by atoms with Crippen LogP contribution in [0.3, 0.4) is 0 Å². The van der Waals surface area contributed by atoms with Gasteiger partial charge in [-0.3, -0.25) is 9.59 Å². The first-order valence-electron chi connectivity index (χ1n) is 4.40. The average Bonchev–Trinajstić information content (AvgIpc) is 2.74. The summed E-state index contributed by atoms with van der Waals surface area (Å²) in [7, 11) is 1.27. The molecule has 0 aliphatic carbocycles. The maximum absolute atomic E-state index is 11.4. The number of rotatable bonds is 2. The van der Waals surface area contributed by atoms with Gasteiger partial charge in [0, 0.05) is 12.1 Å². The molecule has 4 atom stereocenters. The molecule has 0 amide bonds. The smallest absolute Gasteiger partial charge is 0.311 e. The van der Waals surface area contributed by atoms with Crippen LogP contribution in [0.1, 0.15) is 0 Å². The van der Waals surface area contributed by atoms with Gasteiger partial charge in [-0.2, -0.15) is 0 Å². The van der Waals surface area contributed by atoms with Crippen molar-refractivity contribution in [3.05, 3.63) is 12.2 Å². The third kappa shape index (κ3) is 1.13. The summed E-state index contributed by atoms with van der Waals surface area (Å²) in [6.07, 6.45) is 3.62.